The van der Waals surface area contributed by atoms with Crippen molar-refractivity contribution in [3.05, 3.63) is 48.5 Å². The topological polar surface area (TPSA) is 87.9 Å². The molecule has 150 valence electrons. The molecular formula is C19H24N4O3S2. The van der Waals surface area contributed by atoms with Gasteiger partial charge in [0, 0.05) is 31.9 Å². The molecule has 0 saturated carbocycles. The first-order valence-electron chi connectivity index (χ1n) is 9.04. The maximum atomic E-state index is 11.3. The lowest BCUT2D eigenvalue weighted by molar-refractivity contribution is 0.336. The summed E-state index contributed by atoms with van der Waals surface area (Å²) in [7, 11) is -3.70. The summed E-state index contributed by atoms with van der Waals surface area (Å²) >= 11 is 5.51. The van der Waals surface area contributed by atoms with Crippen LogP contribution in [0.5, 0.6) is 5.75 Å². The summed E-state index contributed by atoms with van der Waals surface area (Å²) in [5.74, 6) is 0.897. The minimum absolute atomic E-state index is 0.0746. The fourth-order valence-electron chi connectivity index (χ4n) is 3.08. The number of hydrogen-bond acceptors (Lipinski definition) is 5. The van der Waals surface area contributed by atoms with Crippen LogP contribution in [0.25, 0.3) is 0 Å². The third kappa shape index (κ3) is 4.92. The van der Waals surface area contributed by atoms with Crippen LogP contribution >= 0.6 is 12.2 Å². The molecule has 1 fully saturated rings. The average molecular weight is 421 g/mol. The predicted octanol–water partition coefficient (Wildman–Crippen LogP) is 2.25. The molecule has 0 aliphatic carbocycles. The van der Waals surface area contributed by atoms with Crippen LogP contribution in [0.4, 0.5) is 11.4 Å². The predicted molar refractivity (Wildman–Crippen MR) is 115 cm³/mol. The van der Waals surface area contributed by atoms with E-state index in [9.17, 15) is 8.42 Å². The molecule has 3 rings (SSSR count). The number of piperazine rings is 1. The van der Waals surface area contributed by atoms with Crippen molar-refractivity contribution in [2.75, 3.05) is 43.0 Å². The number of thiocarbonyl (C=S) groups is 1. The molecule has 0 aromatic heterocycles. The highest BCUT2D eigenvalue weighted by Crippen LogP contribution is 2.29. The van der Waals surface area contributed by atoms with Gasteiger partial charge in [-0.05, 0) is 55.5 Å². The van der Waals surface area contributed by atoms with E-state index < -0.39 is 10.0 Å². The molecule has 0 amide bonds. The van der Waals surface area contributed by atoms with Crippen molar-refractivity contribution in [3.8, 4) is 5.75 Å². The van der Waals surface area contributed by atoms with E-state index in [0.29, 0.717) is 11.7 Å². The number of nitrogens with zero attached hydrogens (tertiary/aromatic N) is 2. The number of nitrogens with two attached hydrogens (primary N) is 1. The van der Waals surface area contributed by atoms with Crippen molar-refractivity contribution in [2.24, 2.45) is 5.14 Å². The molecule has 1 saturated heterocycles. The Balaban J connectivity index is 1.58. The lowest BCUT2D eigenvalue weighted by Crippen LogP contribution is -2.50. The first-order chi connectivity index (χ1) is 13.4. The van der Waals surface area contributed by atoms with Crippen LogP contribution in [-0.4, -0.2) is 51.2 Å². The number of benzene rings is 2. The minimum atomic E-state index is -3.70. The van der Waals surface area contributed by atoms with Gasteiger partial charge in [-0.15, -0.1) is 0 Å². The number of primary sulfonamides is 1. The number of nitrogens with one attached hydrogen (secondary N) is 1. The van der Waals surface area contributed by atoms with Gasteiger partial charge in [0.15, 0.2) is 5.11 Å². The zero-order valence-corrected chi connectivity index (χ0v) is 17.3. The summed E-state index contributed by atoms with van der Waals surface area (Å²) in [4.78, 5) is 4.47. The zero-order valence-electron chi connectivity index (χ0n) is 15.7. The van der Waals surface area contributed by atoms with Gasteiger partial charge in [-0.2, -0.15) is 0 Å². The molecule has 0 bridgehead atoms. The van der Waals surface area contributed by atoms with Crippen molar-refractivity contribution in [2.45, 2.75) is 11.8 Å². The monoisotopic (exact) mass is 420 g/mol. The first kappa shape index (κ1) is 20.4. The van der Waals surface area contributed by atoms with E-state index in [-0.39, 0.29) is 4.90 Å². The molecule has 1 aliphatic rings. The Kier molecular flexibility index (Phi) is 6.38. The zero-order chi connectivity index (χ0) is 20.1. The Morgan fingerprint density at radius 2 is 1.75 bits per heavy atom. The Hall–Kier alpha value is -2.36. The molecule has 2 aromatic rings. The SMILES string of the molecule is CCOc1ccccc1N1CCN(C(=S)Nc2ccc(S(N)(=O)=O)cc2)CC1. The standard InChI is InChI=1S/C19H24N4O3S2/c1-2-26-18-6-4-3-5-17(18)22-11-13-23(14-12-22)19(27)21-15-7-9-16(10-8-15)28(20,24)25/h3-10H,2,11-14H2,1H3,(H,21,27)(H2,20,24,25). The molecule has 28 heavy (non-hydrogen) atoms. The smallest absolute Gasteiger partial charge is 0.238 e. The molecule has 1 heterocycles. The second-order valence-electron chi connectivity index (χ2n) is 6.37. The van der Waals surface area contributed by atoms with Gasteiger partial charge in [-0.25, -0.2) is 13.6 Å². The molecule has 3 N–H and O–H groups in total. The highest BCUT2D eigenvalue weighted by molar-refractivity contribution is 7.89. The van der Waals surface area contributed by atoms with Gasteiger partial charge in [-0.3, -0.25) is 0 Å². The summed E-state index contributed by atoms with van der Waals surface area (Å²) in [6, 6.07) is 14.3. The van der Waals surface area contributed by atoms with Crippen molar-refractivity contribution in [1.82, 2.24) is 4.90 Å². The molecule has 0 unspecified atom stereocenters. The Bertz CT molecular complexity index is 924. The van der Waals surface area contributed by atoms with Gasteiger partial charge in [0.2, 0.25) is 10.0 Å². The number of anilines is 2. The fourth-order valence-corrected chi connectivity index (χ4v) is 3.89. The third-order valence-corrected chi connectivity index (χ3v) is 5.80. The van der Waals surface area contributed by atoms with E-state index >= 15 is 0 Å². The molecule has 0 spiro atoms. The van der Waals surface area contributed by atoms with Crippen molar-refractivity contribution in [1.29, 1.82) is 0 Å². The lowest BCUT2D eigenvalue weighted by Gasteiger charge is -2.38. The molecule has 1 aliphatic heterocycles. The van der Waals surface area contributed by atoms with E-state index in [1.54, 1.807) is 12.1 Å². The van der Waals surface area contributed by atoms with Crippen LogP contribution in [0, 0.1) is 0 Å². The Morgan fingerprint density at radius 3 is 2.36 bits per heavy atom. The van der Waals surface area contributed by atoms with Crippen LogP contribution < -0.4 is 20.1 Å². The quantitative estimate of drug-likeness (QED) is 0.717. The molecule has 2 aromatic carbocycles. The average Bonchev–Trinajstić information content (AvgIpc) is 2.68. The van der Waals surface area contributed by atoms with Gasteiger partial charge in [0.1, 0.15) is 5.75 Å². The van der Waals surface area contributed by atoms with Crippen LogP contribution in [-0.2, 0) is 10.0 Å². The normalized spacial score (nSPS) is 14.6. The van der Waals surface area contributed by atoms with Crippen LogP contribution in [0.15, 0.2) is 53.4 Å². The number of rotatable bonds is 5. The highest BCUT2D eigenvalue weighted by atomic mass is 32.2. The van der Waals surface area contributed by atoms with Crippen molar-refractivity contribution >= 4 is 38.7 Å². The van der Waals surface area contributed by atoms with E-state index in [1.807, 2.05) is 25.1 Å². The third-order valence-electron chi connectivity index (χ3n) is 4.51. The maximum absolute atomic E-state index is 11.3. The summed E-state index contributed by atoms with van der Waals surface area (Å²) in [6.07, 6.45) is 0. The van der Waals surface area contributed by atoms with Crippen LogP contribution in [0.1, 0.15) is 6.92 Å². The molecule has 0 atom stereocenters. The van der Waals surface area contributed by atoms with Crippen molar-refractivity contribution < 1.29 is 13.2 Å². The first-order valence-corrected chi connectivity index (χ1v) is 11.0. The largest absolute Gasteiger partial charge is 0.492 e. The van der Waals surface area contributed by atoms with Crippen LogP contribution in [0.2, 0.25) is 0 Å². The van der Waals surface area contributed by atoms with Gasteiger partial charge in [0.25, 0.3) is 0 Å². The highest BCUT2D eigenvalue weighted by Gasteiger charge is 2.21. The van der Waals surface area contributed by atoms with E-state index in [0.717, 1.165) is 43.3 Å². The van der Waals surface area contributed by atoms with E-state index in [4.69, 9.17) is 22.1 Å². The Labute approximate surface area is 171 Å². The molecule has 9 heteroatoms. The van der Waals surface area contributed by atoms with Gasteiger partial charge in [0.05, 0.1) is 17.2 Å². The fraction of sp³-hybridized carbons (Fsp3) is 0.316. The molecule has 7 nitrogen and oxygen atoms in total. The van der Waals surface area contributed by atoms with E-state index in [2.05, 4.69) is 21.2 Å². The summed E-state index contributed by atoms with van der Waals surface area (Å²) in [5.41, 5.74) is 1.82. The summed E-state index contributed by atoms with van der Waals surface area (Å²) < 4.78 is 28.4. The molecule has 0 radical (unpaired) electrons. The minimum Gasteiger partial charge on any atom is -0.492 e. The van der Waals surface area contributed by atoms with Gasteiger partial charge in [-0.1, -0.05) is 12.1 Å². The number of ether oxygens (including phenoxy) is 1. The Morgan fingerprint density at radius 1 is 1.11 bits per heavy atom. The summed E-state index contributed by atoms with van der Waals surface area (Å²) in [5, 5.41) is 8.89. The lowest BCUT2D eigenvalue weighted by atomic mass is 10.2. The second-order valence-corrected chi connectivity index (χ2v) is 8.32. The second kappa shape index (κ2) is 8.76. The number of para-hydroxylation sites is 2. The molecular weight excluding hydrogens is 396 g/mol. The van der Waals surface area contributed by atoms with Crippen LogP contribution in [0.3, 0.4) is 0 Å². The van der Waals surface area contributed by atoms with Gasteiger partial charge >= 0.3 is 0 Å². The van der Waals surface area contributed by atoms with Gasteiger partial charge < -0.3 is 19.9 Å². The van der Waals surface area contributed by atoms with E-state index in [1.165, 1.54) is 12.1 Å². The number of sulfonamides is 1. The summed E-state index contributed by atoms with van der Waals surface area (Å²) in [6.45, 7) is 5.83. The van der Waals surface area contributed by atoms with Crippen molar-refractivity contribution in [3.63, 3.8) is 0 Å². The maximum Gasteiger partial charge on any atom is 0.238 e. The number of hydrogen-bond donors (Lipinski definition) is 2.